The molecule has 4 N–H and O–H groups in total. The molecule has 3 aliphatic rings. The summed E-state index contributed by atoms with van der Waals surface area (Å²) in [5.41, 5.74) is 7.82. The summed E-state index contributed by atoms with van der Waals surface area (Å²) in [7, 11) is 0. The average Bonchev–Trinajstić information content (AvgIpc) is 3.26. The van der Waals surface area contributed by atoms with E-state index in [0.29, 0.717) is 67.2 Å². The first-order valence-electron chi connectivity index (χ1n) is 10.8. The summed E-state index contributed by atoms with van der Waals surface area (Å²) in [6.45, 7) is 9.65. The first kappa shape index (κ1) is 22.5. The monoisotopic (exact) mass is 504 g/mol. The van der Waals surface area contributed by atoms with E-state index in [2.05, 4.69) is 32.8 Å². The molecule has 3 heterocycles. The second-order valence-corrected chi connectivity index (χ2v) is 8.82. The summed E-state index contributed by atoms with van der Waals surface area (Å²) in [4.78, 5) is 23.4. The van der Waals surface area contributed by atoms with Gasteiger partial charge in [0.2, 0.25) is 5.96 Å². The van der Waals surface area contributed by atoms with Gasteiger partial charge in [-0.25, -0.2) is 0 Å². The van der Waals surface area contributed by atoms with Gasteiger partial charge in [0.15, 0.2) is 5.70 Å². The average molecular weight is 505 g/mol. The lowest BCUT2D eigenvalue weighted by Gasteiger charge is -2.40. The zero-order valence-corrected chi connectivity index (χ0v) is 19.8. The molecule has 9 nitrogen and oxygen atoms in total. The number of ether oxygens (including phenoxy) is 1. The maximum Gasteiger partial charge on any atom is 0.281 e. The van der Waals surface area contributed by atoms with Gasteiger partial charge in [0.1, 0.15) is 11.6 Å². The van der Waals surface area contributed by atoms with E-state index in [1.807, 2.05) is 28.9 Å². The minimum absolute atomic E-state index is 0.155. The van der Waals surface area contributed by atoms with Gasteiger partial charge in [0, 0.05) is 38.9 Å². The van der Waals surface area contributed by atoms with Crippen LogP contribution in [-0.2, 0) is 16.1 Å². The fraction of sp³-hybridized carbons (Fsp3) is 0.455. The van der Waals surface area contributed by atoms with Crippen LogP contribution < -0.4 is 11.1 Å². The van der Waals surface area contributed by atoms with Gasteiger partial charge in [-0.3, -0.25) is 19.6 Å². The molecule has 10 heteroatoms. The Balaban J connectivity index is 1.70. The SMILES string of the molecule is C=C(NC1CCOCC1)N(Cc1ccc(O)c(Br)c1)C1=C(N)N2CCN=C2N(CC)C1=O. The molecule has 0 aliphatic carbocycles. The second kappa shape index (κ2) is 9.41. The number of nitrogens with one attached hydrogen (secondary N) is 1. The molecule has 0 saturated carbocycles. The van der Waals surface area contributed by atoms with Crippen LogP contribution in [0.2, 0.25) is 0 Å². The summed E-state index contributed by atoms with van der Waals surface area (Å²) in [5.74, 6) is 1.54. The molecule has 0 atom stereocenters. The Morgan fingerprint density at radius 3 is 2.88 bits per heavy atom. The molecule has 0 aromatic heterocycles. The van der Waals surface area contributed by atoms with Crippen LogP contribution in [0.15, 0.2) is 51.6 Å². The van der Waals surface area contributed by atoms with Gasteiger partial charge in [0.05, 0.1) is 16.8 Å². The highest BCUT2D eigenvalue weighted by Crippen LogP contribution is 2.30. The van der Waals surface area contributed by atoms with Crippen LogP contribution in [0.4, 0.5) is 0 Å². The minimum atomic E-state index is -0.199. The number of benzene rings is 1. The number of likely N-dealkylation sites (N-methyl/N-ethyl adjacent to an activating group) is 1. The van der Waals surface area contributed by atoms with Crippen molar-refractivity contribution in [2.45, 2.75) is 32.4 Å². The van der Waals surface area contributed by atoms with Crippen LogP contribution in [0.3, 0.4) is 0 Å². The smallest absolute Gasteiger partial charge is 0.281 e. The summed E-state index contributed by atoms with van der Waals surface area (Å²) >= 11 is 3.37. The molecule has 0 unspecified atom stereocenters. The van der Waals surface area contributed by atoms with Crippen LogP contribution in [0.5, 0.6) is 5.75 Å². The summed E-state index contributed by atoms with van der Waals surface area (Å²) in [6, 6.07) is 5.47. The number of carbonyl (C=O) groups is 1. The number of fused-ring (bicyclic) bond motifs is 1. The molecule has 1 aromatic rings. The number of guanidine groups is 1. The summed E-state index contributed by atoms with van der Waals surface area (Å²) in [6.07, 6.45) is 1.73. The topological polar surface area (TPSA) is 107 Å². The van der Waals surface area contributed by atoms with E-state index < -0.39 is 0 Å². The maximum absolute atomic E-state index is 13.6. The number of carbonyl (C=O) groups excluding carboxylic acids is 1. The highest BCUT2D eigenvalue weighted by atomic mass is 79.9. The fourth-order valence-electron chi connectivity index (χ4n) is 4.19. The number of aliphatic imine (C=N–C) groups is 1. The summed E-state index contributed by atoms with van der Waals surface area (Å²) in [5, 5.41) is 13.4. The Morgan fingerprint density at radius 2 is 2.19 bits per heavy atom. The molecule has 3 aliphatic heterocycles. The predicted octanol–water partition coefficient (Wildman–Crippen LogP) is 1.86. The van der Waals surface area contributed by atoms with Gasteiger partial charge in [0.25, 0.3) is 5.91 Å². The van der Waals surface area contributed by atoms with Crippen molar-refractivity contribution >= 4 is 27.8 Å². The lowest BCUT2D eigenvalue weighted by Crippen LogP contribution is -2.55. The Kier molecular flexibility index (Phi) is 6.61. The lowest BCUT2D eigenvalue weighted by molar-refractivity contribution is -0.126. The number of rotatable bonds is 7. The maximum atomic E-state index is 13.6. The molecule has 4 rings (SSSR count). The quantitative estimate of drug-likeness (QED) is 0.520. The van der Waals surface area contributed by atoms with Gasteiger partial charge in [-0.15, -0.1) is 0 Å². The van der Waals surface area contributed by atoms with Crippen molar-refractivity contribution in [1.82, 2.24) is 20.0 Å². The van der Waals surface area contributed by atoms with Crippen molar-refractivity contribution in [1.29, 1.82) is 0 Å². The van der Waals surface area contributed by atoms with E-state index in [1.54, 1.807) is 11.0 Å². The van der Waals surface area contributed by atoms with Crippen LogP contribution in [-0.4, -0.2) is 70.6 Å². The molecule has 0 bridgehead atoms. The largest absolute Gasteiger partial charge is 0.507 e. The zero-order chi connectivity index (χ0) is 22.8. The number of aromatic hydroxyl groups is 1. The van der Waals surface area contributed by atoms with E-state index in [-0.39, 0.29) is 17.7 Å². The van der Waals surface area contributed by atoms with E-state index in [1.165, 1.54) is 0 Å². The van der Waals surface area contributed by atoms with E-state index in [9.17, 15) is 9.90 Å². The van der Waals surface area contributed by atoms with Crippen molar-refractivity contribution in [3.8, 4) is 5.75 Å². The first-order valence-corrected chi connectivity index (χ1v) is 11.6. The molecule has 1 saturated heterocycles. The molecule has 172 valence electrons. The Labute approximate surface area is 196 Å². The Hall–Kier alpha value is -2.72. The second-order valence-electron chi connectivity index (χ2n) is 7.97. The van der Waals surface area contributed by atoms with Gasteiger partial charge in [-0.05, 0) is 53.4 Å². The number of halogens is 1. The van der Waals surface area contributed by atoms with Crippen molar-refractivity contribution < 1.29 is 14.6 Å². The van der Waals surface area contributed by atoms with Gasteiger partial charge >= 0.3 is 0 Å². The number of phenolic OH excluding ortho intramolecular Hbond substituents is 1. The Morgan fingerprint density at radius 1 is 1.44 bits per heavy atom. The Bertz CT molecular complexity index is 972. The number of hydrogen-bond acceptors (Lipinski definition) is 8. The number of amides is 1. The highest BCUT2D eigenvalue weighted by molar-refractivity contribution is 9.10. The molecule has 1 aromatic carbocycles. The molecular formula is C22H29BrN6O3. The van der Waals surface area contributed by atoms with Crippen LogP contribution in [0.1, 0.15) is 25.3 Å². The number of nitrogens with zero attached hydrogens (tertiary/aromatic N) is 4. The van der Waals surface area contributed by atoms with E-state index in [4.69, 9.17) is 10.5 Å². The van der Waals surface area contributed by atoms with Gasteiger partial charge < -0.3 is 25.8 Å². The normalized spacial score (nSPS) is 19.2. The molecule has 0 radical (unpaired) electrons. The van der Waals surface area contributed by atoms with Crippen LogP contribution in [0.25, 0.3) is 0 Å². The highest BCUT2D eigenvalue weighted by Gasteiger charge is 2.40. The predicted molar refractivity (Wildman–Crippen MR) is 125 cm³/mol. The van der Waals surface area contributed by atoms with Crippen LogP contribution in [0, 0.1) is 0 Å². The third kappa shape index (κ3) is 4.29. The molecule has 32 heavy (non-hydrogen) atoms. The number of nitrogens with two attached hydrogens (primary N) is 1. The number of hydrogen-bond donors (Lipinski definition) is 3. The minimum Gasteiger partial charge on any atom is -0.507 e. The van der Waals surface area contributed by atoms with Crippen molar-refractivity contribution in [3.05, 3.63) is 52.2 Å². The molecule has 1 fully saturated rings. The third-order valence-corrected chi connectivity index (χ3v) is 6.53. The fourth-order valence-corrected chi connectivity index (χ4v) is 4.61. The van der Waals surface area contributed by atoms with Crippen molar-refractivity contribution in [3.63, 3.8) is 0 Å². The molecular weight excluding hydrogens is 476 g/mol. The van der Waals surface area contributed by atoms with Gasteiger partial charge in [-0.2, -0.15) is 0 Å². The van der Waals surface area contributed by atoms with Crippen LogP contribution >= 0.6 is 15.9 Å². The van der Waals surface area contributed by atoms with Crippen molar-refractivity contribution in [2.75, 3.05) is 32.8 Å². The third-order valence-electron chi connectivity index (χ3n) is 5.90. The van der Waals surface area contributed by atoms with Crippen molar-refractivity contribution in [2.24, 2.45) is 10.7 Å². The zero-order valence-electron chi connectivity index (χ0n) is 18.2. The molecule has 1 amide bonds. The summed E-state index contributed by atoms with van der Waals surface area (Å²) < 4.78 is 6.05. The molecule has 0 spiro atoms. The first-order chi connectivity index (χ1) is 15.4. The van der Waals surface area contributed by atoms with E-state index in [0.717, 1.165) is 18.4 Å². The lowest BCUT2D eigenvalue weighted by atomic mass is 10.1. The van der Waals surface area contributed by atoms with Gasteiger partial charge in [-0.1, -0.05) is 12.6 Å². The van der Waals surface area contributed by atoms with E-state index >= 15 is 0 Å². The number of phenols is 1. The standard InChI is InChI=1S/C22H29BrN6O3/c1-3-27-21(31)19(20(24)28-9-8-25-22(27)28)29(13-15-4-5-18(30)17(23)12-15)14(2)26-16-6-10-32-11-7-16/h4-5,12,16,26,30H,2-3,6-11,13,24H2,1H3.